The molecule has 0 unspecified atom stereocenters. The molecule has 0 fully saturated rings. The summed E-state index contributed by atoms with van der Waals surface area (Å²) in [6.07, 6.45) is 0. The largest absolute Gasteiger partial charge is 0.295 e. The zero-order valence-corrected chi connectivity index (χ0v) is 13.0. The Morgan fingerprint density at radius 1 is 0.625 bits per heavy atom. The van der Waals surface area contributed by atoms with Crippen molar-refractivity contribution in [3.05, 3.63) is 0 Å². The molecule has 2 nitrogen and oxygen atoms in total. The highest BCUT2D eigenvalue weighted by Gasteiger charge is 2.00. The van der Waals surface area contributed by atoms with Gasteiger partial charge in [0, 0.05) is 23.3 Å². The van der Waals surface area contributed by atoms with Crippen molar-refractivity contribution in [3.63, 3.8) is 0 Å². The molecule has 0 spiro atoms. The highest BCUT2D eigenvalue weighted by molar-refractivity contribution is 8.02. The summed E-state index contributed by atoms with van der Waals surface area (Å²) in [6.45, 7) is 13.6. The van der Waals surface area contributed by atoms with Crippen LogP contribution in [0.4, 0.5) is 0 Å². The van der Waals surface area contributed by atoms with Crippen LogP contribution in [0.3, 0.4) is 0 Å². The maximum atomic E-state index is 2.47. The molecule has 0 amide bonds. The zero-order valence-electron chi connectivity index (χ0n) is 11.4. The van der Waals surface area contributed by atoms with Gasteiger partial charge in [-0.1, -0.05) is 27.7 Å². The SMILES string of the molecule is CCN(CC)CSCCSCN(CC)CC. The van der Waals surface area contributed by atoms with Crippen LogP contribution in [-0.4, -0.2) is 59.2 Å². The summed E-state index contributed by atoms with van der Waals surface area (Å²) in [5.41, 5.74) is 0. The molecule has 4 heteroatoms. The number of thioether (sulfide) groups is 2. The molecule has 0 N–H and O–H groups in total. The normalized spacial score (nSPS) is 11.6. The van der Waals surface area contributed by atoms with Crippen molar-refractivity contribution in [2.45, 2.75) is 27.7 Å². The average Bonchev–Trinajstić information content (AvgIpc) is 2.33. The lowest BCUT2D eigenvalue weighted by molar-refractivity contribution is 0.358. The monoisotopic (exact) mass is 264 g/mol. The Labute approximate surface area is 111 Å². The Kier molecular flexibility index (Phi) is 12.6. The molecule has 0 heterocycles. The molecular formula is C12H28N2S2. The van der Waals surface area contributed by atoms with Crippen LogP contribution in [0.15, 0.2) is 0 Å². The highest BCUT2D eigenvalue weighted by Crippen LogP contribution is 2.10. The first-order chi connectivity index (χ1) is 7.78. The smallest absolute Gasteiger partial charge is 0.0444 e. The Morgan fingerprint density at radius 2 is 0.938 bits per heavy atom. The van der Waals surface area contributed by atoms with E-state index < -0.39 is 0 Å². The van der Waals surface area contributed by atoms with E-state index in [0.29, 0.717) is 0 Å². The van der Waals surface area contributed by atoms with Crippen molar-refractivity contribution < 1.29 is 0 Å². The number of hydrogen-bond donors (Lipinski definition) is 0. The fraction of sp³-hybridized carbons (Fsp3) is 1.00. The summed E-state index contributed by atoms with van der Waals surface area (Å²) in [5.74, 6) is 4.95. The molecule has 0 radical (unpaired) electrons. The van der Waals surface area contributed by atoms with Crippen molar-refractivity contribution in [2.24, 2.45) is 0 Å². The molecule has 98 valence electrons. The number of rotatable bonds is 11. The van der Waals surface area contributed by atoms with E-state index in [1.807, 2.05) is 0 Å². The summed E-state index contributed by atoms with van der Waals surface area (Å²) < 4.78 is 0. The molecule has 0 aliphatic heterocycles. The van der Waals surface area contributed by atoms with E-state index in [2.05, 4.69) is 61.0 Å². The van der Waals surface area contributed by atoms with Gasteiger partial charge in [0.15, 0.2) is 0 Å². The molecule has 0 aromatic heterocycles. The maximum absolute atomic E-state index is 2.47. The second-order valence-corrected chi connectivity index (χ2v) is 5.83. The topological polar surface area (TPSA) is 6.48 Å². The van der Waals surface area contributed by atoms with Gasteiger partial charge in [-0.3, -0.25) is 9.80 Å². The van der Waals surface area contributed by atoms with Gasteiger partial charge in [-0.2, -0.15) is 0 Å². The minimum Gasteiger partial charge on any atom is -0.295 e. The Balaban J connectivity index is 3.26. The van der Waals surface area contributed by atoms with E-state index in [0.717, 1.165) is 0 Å². The van der Waals surface area contributed by atoms with Crippen LogP contribution in [0.2, 0.25) is 0 Å². The Hall–Kier alpha value is 0.620. The number of hydrogen-bond acceptors (Lipinski definition) is 4. The van der Waals surface area contributed by atoms with E-state index in [1.54, 1.807) is 0 Å². The molecule has 0 bridgehead atoms. The molecule has 0 atom stereocenters. The van der Waals surface area contributed by atoms with Gasteiger partial charge in [0.05, 0.1) is 0 Å². The lowest BCUT2D eigenvalue weighted by atomic mass is 10.6. The third-order valence-corrected chi connectivity index (χ3v) is 5.05. The molecular weight excluding hydrogens is 236 g/mol. The van der Waals surface area contributed by atoms with Gasteiger partial charge in [0.2, 0.25) is 0 Å². The quantitative estimate of drug-likeness (QED) is 0.418. The fourth-order valence-corrected chi connectivity index (χ4v) is 3.77. The van der Waals surface area contributed by atoms with Gasteiger partial charge in [-0.05, 0) is 26.2 Å². The Morgan fingerprint density at radius 3 is 1.19 bits per heavy atom. The van der Waals surface area contributed by atoms with E-state index >= 15 is 0 Å². The van der Waals surface area contributed by atoms with E-state index in [9.17, 15) is 0 Å². The maximum Gasteiger partial charge on any atom is 0.0444 e. The van der Waals surface area contributed by atoms with Gasteiger partial charge in [-0.15, -0.1) is 23.5 Å². The second kappa shape index (κ2) is 12.1. The van der Waals surface area contributed by atoms with Gasteiger partial charge >= 0.3 is 0 Å². The molecule has 0 aromatic rings. The number of nitrogens with zero attached hydrogens (tertiary/aromatic N) is 2. The predicted molar refractivity (Wildman–Crippen MR) is 80.5 cm³/mol. The van der Waals surface area contributed by atoms with Crippen molar-refractivity contribution >= 4 is 23.5 Å². The summed E-state index contributed by atoms with van der Waals surface area (Å²) in [7, 11) is 0. The van der Waals surface area contributed by atoms with E-state index in [1.165, 1.54) is 49.4 Å². The molecule has 16 heavy (non-hydrogen) atoms. The summed E-state index contributed by atoms with van der Waals surface area (Å²) in [4.78, 5) is 4.94. The summed E-state index contributed by atoms with van der Waals surface area (Å²) >= 11 is 4.13. The third-order valence-electron chi connectivity index (χ3n) is 2.71. The summed E-state index contributed by atoms with van der Waals surface area (Å²) in [6, 6.07) is 0. The minimum absolute atomic E-state index is 1.18. The first-order valence-corrected chi connectivity index (χ1v) is 8.69. The van der Waals surface area contributed by atoms with Gasteiger partial charge in [-0.25, -0.2) is 0 Å². The van der Waals surface area contributed by atoms with Gasteiger partial charge in [0.25, 0.3) is 0 Å². The Bertz CT molecular complexity index is 121. The molecule has 0 saturated heterocycles. The molecule has 0 aliphatic rings. The van der Waals surface area contributed by atoms with Crippen LogP contribution in [0.5, 0.6) is 0 Å². The average molecular weight is 265 g/mol. The van der Waals surface area contributed by atoms with Crippen LogP contribution >= 0.6 is 23.5 Å². The van der Waals surface area contributed by atoms with E-state index in [4.69, 9.17) is 0 Å². The van der Waals surface area contributed by atoms with Crippen molar-refractivity contribution in [3.8, 4) is 0 Å². The van der Waals surface area contributed by atoms with Crippen LogP contribution in [0.25, 0.3) is 0 Å². The lowest BCUT2D eigenvalue weighted by Crippen LogP contribution is -2.23. The lowest BCUT2D eigenvalue weighted by Gasteiger charge is -2.18. The minimum atomic E-state index is 1.18. The van der Waals surface area contributed by atoms with Crippen LogP contribution in [0, 0.1) is 0 Å². The first kappa shape index (κ1) is 16.6. The van der Waals surface area contributed by atoms with Crippen LogP contribution < -0.4 is 0 Å². The summed E-state index contributed by atoms with van der Waals surface area (Å²) in [5, 5.41) is 0. The molecule has 0 rings (SSSR count). The van der Waals surface area contributed by atoms with Gasteiger partial charge < -0.3 is 0 Å². The zero-order chi connectivity index (χ0) is 12.2. The molecule has 0 aliphatic carbocycles. The van der Waals surface area contributed by atoms with Gasteiger partial charge in [0.1, 0.15) is 0 Å². The van der Waals surface area contributed by atoms with Crippen molar-refractivity contribution in [2.75, 3.05) is 49.4 Å². The molecule has 0 saturated carbocycles. The highest BCUT2D eigenvalue weighted by atomic mass is 32.2. The van der Waals surface area contributed by atoms with Crippen molar-refractivity contribution in [1.82, 2.24) is 9.80 Å². The van der Waals surface area contributed by atoms with Crippen molar-refractivity contribution in [1.29, 1.82) is 0 Å². The standard InChI is InChI=1S/C12H28N2S2/c1-5-13(6-2)11-15-9-10-16-12-14(7-3)8-4/h5-12H2,1-4H3. The first-order valence-electron chi connectivity index (χ1n) is 6.38. The van der Waals surface area contributed by atoms with Crippen LogP contribution in [-0.2, 0) is 0 Å². The second-order valence-electron chi connectivity index (χ2n) is 3.68. The fourth-order valence-electron chi connectivity index (χ4n) is 1.32. The predicted octanol–water partition coefficient (Wildman–Crippen LogP) is 3.05. The molecule has 0 aromatic carbocycles. The van der Waals surface area contributed by atoms with E-state index in [-0.39, 0.29) is 0 Å². The van der Waals surface area contributed by atoms with Crippen LogP contribution in [0.1, 0.15) is 27.7 Å². The third kappa shape index (κ3) is 8.74.